The van der Waals surface area contributed by atoms with Gasteiger partial charge in [0.2, 0.25) is 5.91 Å². The zero-order valence-electron chi connectivity index (χ0n) is 23.6. The number of carbonyl (C=O) groups excluding carboxylic acids is 3. The lowest BCUT2D eigenvalue weighted by Gasteiger charge is -2.34. The molecule has 0 aromatic heterocycles. The summed E-state index contributed by atoms with van der Waals surface area (Å²) in [5.74, 6) is -0.688. The summed E-state index contributed by atoms with van der Waals surface area (Å²) in [6, 6.07) is 22.2. The maximum absolute atomic E-state index is 13.2. The summed E-state index contributed by atoms with van der Waals surface area (Å²) in [6.07, 6.45) is 0. The Kier molecular flexibility index (Phi) is 8.47. The van der Waals surface area contributed by atoms with Gasteiger partial charge in [-0.05, 0) is 48.5 Å². The molecule has 0 saturated carbocycles. The quantitative estimate of drug-likeness (QED) is 0.322. The topological polar surface area (TPSA) is 94.2 Å². The van der Waals surface area contributed by atoms with Gasteiger partial charge < -0.3 is 25.2 Å². The maximum atomic E-state index is 13.2. The van der Waals surface area contributed by atoms with E-state index in [1.807, 2.05) is 54.6 Å². The molecule has 3 aromatic carbocycles. The normalized spacial score (nSPS) is 16.5. The number of nitrogens with zero attached hydrogens (tertiary/aromatic N) is 3. The van der Waals surface area contributed by atoms with Gasteiger partial charge in [-0.2, -0.15) is 0 Å². The SMILES string of the molecule is CCN1CCN(CC(=O)N(C)c2ccc(N/C(=C3\C(=O)Nc4cc(C(=O)OC)ccc43)c3ccccc3)cc2)CC1. The van der Waals surface area contributed by atoms with Crippen LogP contribution < -0.4 is 15.5 Å². The zero-order chi connectivity index (χ0) is 28.9. The van der Waals surface area contributed by atoms with Crippen molar-refractivity contribution < 1.29 is 19.1 Å². The molecule has 2 aliphatic rings. The lowest BCUT2D eigenvalue weighted by Crippen LogP contribution is -2.49. The fraction of sp³-hybridized carbons (Fsp3) is 0.281. The van der Waals surface area contributed by atoms with Crippen molar-refractivity contribution >= 4 is 46.1 Å². The molecule has 41 heavy (non-hydrogen) atoms. The number of ether oxygens (including phenoxy) is 1. The molecule has 0 aliphatic carbocycles. The fourth-order valence-electron chi connectivity index (χ4n) is 5.17. The van der Waals surface area contributed by atoms with Gasteiger partial charge in [0.15, 0.2) is 0 Å². The van der Waals surface area contributed by atoms with Crippen LogP contribution in [0, 0.1) is 0 Å². The van der Waals surface area contributed by atoms with Gasteiger partial charge in [-0.1, -0.05) is 43.3 Å². The average Bonchev–Trinajstić information content (AvgIpc) is 3.34. The van der Waals surface area contributed by atoms with E-state index in [-0.39, 0.29) is 11.8 Å². The van der Waals surface area contributed by atoms with Crippen LogP contribution in [0.3, 0.4) is 0 Å². The van der Waals surface area contributed by atoms with Gasteiger partial charge >= 0.3 is 5.97 Å². The molecular formula is C32H35N5O4. The number of esters is 1. The number of benzene rings is 3. The summed E-state index contributed by atoms with van der Waals surface area (Å²) in [5.41, 5.74) is 5.11. The van der Waals surface area contributed by atoms with Crippen LogP contribution in [0.25, 0.3) is 11.3 Å². The van der Waals surface area contributed by atoms with E-state index < -0.39 is 5.97 Å². The number of piperazine rings is 1. The highest BCUT2D eigenvalue weighted by atomic mass is 16.5. The first-order valence-corrected chi connectivity index (χ1v) is 13.8. The molecule has 3 aromatic rings. The number of amides is 2. The first-order chi connectivity index (χ1) is 19.9. The molecular weight excluding hydrogens is 518 g/mol. The number of methoxy groups -OCH3 is 1. The van der Waals surface area contributed by atoms with E-state index >= 15 is 0 Å². The molecule has 0 unspecified atom stereocenters. The van der Waals surface area contributed by atoms with E-state index in [0.29, 0.717) is 34.6 Å². The molecule has 0 atom stereocenters. The molecule has 0 radical (unpaired) electrons. The highest BCUT2D eigenvalue weighted by Crippen LogP contribution is 2.38. The summed E-state index contributed by atoms with van der Waals surface area (Å²) >= 11 is 0. The van der Waals surface area contributed by atoms with Crippen molar-refractivity contribution in [2.45, 2.75) is 6.92 Å². The number of fused-ring (bicyclic) bond motifs is 1. The van der Waals surface area contributed by atoms with E-state index in [2.05, 4.69) is 27.4 Å². The molecule has 2 heterocycles. The van der Waals surface area contributed by atoms with Crippen molar-refractivity contribution in [2.24, 2.45) is 0 Å². The Morgan fingerprint density at radius 3 is 2.27 bits per heavy atom. The number of anilines is 3. The second-order valence-electron chi connectivity index (χ2n) is 10.2. The van der Waals surface area contributed by atoms with Crippen molar-refractivity contribution in [1.29, 1.82) is 0 Å². The molecule has 9 nitrogen and oxygen atoms in total. The molecule has 9 heteroatoms. The third-order valence-electron chi connectivity index (χ3n) is 7.67. The Morgan fingerprint density at radius 1 is 0.927 bits per heavy atom. The van der Waals surface area contributed by atoms with E-state index in [0.717, 1.165) is 49.7 Å². The summed E-state index contributed by atoms with van der Waals surface area (Å²) in [4.78, 5) is 44.5. The molecule has 0 spiro atoms. The number of hydrogen-bond acceptors (Lipinski definition) is 7. The van der Waals surface area contributed by atoms with E-state index in [4.69, 9.17) is 4.74 Å². The lowest BCUT2D eigenvalue weighted by atomic mass is 9.99. The van der Waals surface area contributed by atoms with Gasteiger partial charge in [0.05, 0.1) is 36.2 Å². The largest absolute Gasteiger partial charge is 0.465 e. The summed E-state index contributed by atoms with van der Waals surface area (Å²) in [7, 11) is 3.12. The van der Waals surface area contributed by atoms with Crippen LogP contribution in [0.5, 0.6) is 0 Å². The molecule has 2 N–H and O–H groups in total. The predicted octanol–water partition coefficient (Wildman–Crippen LogP) is 4.01. The minimum Gasteiger partial charge on any atom is -0.465 e. The smallest absolute Gasteiger partial charge is 0.337 e. The Hall–Kier alpha value is -4.47. The molecule has 212 valence electrons. The van der Waals surface area contributed by atoms with Crippen molar-refractivity contribution in [3.63, 3.8) is 0 Å². The van der Waals surface area contributed by atoms with Gasteiger partial charge in [0.25, 0.3) is 5.91 Å². The molecule has 2 aliphatic heterocycles. The number of hydrogen-bond donors (Lipinski definition) is 2. The van der Waals surface area contributed by atoms with Gasteiger partial charge in [-0.25, -0.2) is 4.79 Å². The maximum Gasteiger partial charge on any atom is 0.337 e. The highest BCUT2D eigenvalue weighted by molar-refractivity contribution is 6.37. The predicted molar refractivity (Wildman–Crippen MR) is 162 cm³/mol. The minimum absolute atomic E-state index is 0.0494. The molecule has 5 rings (SSSR count). The molecule has 2 amide bonds. The van der Waals surface area contributed by atoms with Crippen molar-refractivity contribution in [2.75, 3.05) is 69.0 Å². The zero-order valence-corrected chi connectivity index (χ0v) is 23.6. The van der Waals surface area contributed by atoms with Crippen LogP contribution in [0.15, 0.2) is 72.8 Å². The van der Waals surface area contributed by atoms with Crippen LogP contribution in [-0.4, -0.2) is 81.0 Å². The van der Waals surface area contributed by atoms with Crippen LogP contribution in [0.1, 0.15) is 28.4 Å². The molecule has 0 bridgehead atoms. The number of likely N-dealkylation sites (N-methyl/N-ethyl adjacent to an activating group) is 2. The van der Waals surface area contributed by atoms with Crippen LogP contribution in [-0.2, 0) is 14.3 Å². The Labute approximate surface area is 240 Å². The summed E-state index contributed by atoms with van der Waals surface area (Å²) < 4.78 is 4.83. The number of nitrogens with one attached hydrogen (secondary N) is 2. The standard InChI is InChI=1S/C32H35N5O4/c1-4-36-16-18-37(19-17-36)21-28(38)35(2)25-13-11-24(12-14-25)33-30(22-8-6-5-7-9-22)29-26-15-10-23(32(40)41-3)20-27(26)34-31(29)39/h5-15,20,33H,4,16-19,21H2,1-3H3,(H,34,39)/b30-29-. The first-order valence-electron chi connectivity index (χ1n) is 13.8. The van der Waals surface area contributed by atoms with E-state index in [1.54, 1.807) is 30.1 Å². The minimum atomic E-state index is -0.469. The second-order valence-corrected chi connectivity index (χ2v) is 10.2. The van der Waals surface area contributed by atoms with Crippen LogP contribution >= 0.6 is 0 Å². The lowest BCUT2D eigenvalue weighted by molar-refractivity contribution is -0.119. The highest BCUT2D eigenvalue weighted by Gasteiger charge is 2.29. The summed E-state index contributed by atoms with van der Waals surface area (Å²) in [6.45, 7) is 7.37. The van der Waals surface area contributed by atoms with Crippen molar-refractivity contribution in [1.82, 2.24) is 9.80 Å². The van der Waals surface area contributed by atoms with Gasteiger partial charge in [0.1, 0.15) is 0 Å². The first kappa shape index (κ1) is 28.1. The average molecular weight is 554 g/mol. The fourth-order valence-corrected chi connectivity index (χ4v) is 5.17. The van der Waals surface area contributed by atoms with Crippen LogP contribution in [0.4, 0.5) is 17.1 Å². The van der Waals surface area contributed by atoms with Gasteiger partial charge in [-0.3, -0.25) is 14.5 Å². The Balaban J connectivity index is 1.37. The van der Waals surface area contributed by atoms with Gasteiger partial charge in [0, 0.05) is 50.2 Å². The van der Waals surface area contributed by atoms with Crippen LogP contribution in [0.2, 0.25) is 0 Å². The van der Waals surface area contributed by atoms with E-state index in [1.165, 1.54) is 7.11 Å². The monoisotopic (exact) mass is 553 g/mol. The second kappa shape index (κ2) is 12.4. The Bertz CT molecular complexity index is 1460. The number of rotatable bonds is 8. The summed E-state index contributed by atoms with van der Waals surface area (Å²) in [5, 5.41) is 6.32. The van der Waals surface area contributed by atoms with Crippen molar-refractivity contribution in [3.8, 4) is 0 Å². The Morgan fingerprint density at radius 2 is 1.61 bits per heavy atom. The third kappa shape index (κ3) is 6.16. The molecule has 1 fully saturated rings. The number of carbonyl (C=O) groups is 3. The molecule has 1 saturated heterocycles. The third-order valence-corrected chi connectivity index (χ3v) is 7.67. The van der Waals surface area contributed by atoms with Gasteiger partial charge in [-0.15, -0.1) is 0 Å². The van der Waals surface area contributed by atoms with E-state index in [9.17, 15) is 14.4 Å². The van der Waals surface area contributed by atoms with Crippen molar-refractivity contribution in [3.05, 3.63) is 89.5 Å².